The second kappa shape index (κ2) is 8.07. The third-order valence-electron chi connectivity index (χ3n) is 4.82. The van der Waals surface area contributed by atoms with Gasteiger partial charge < -0.3 is 10.6 Å². The van der Waals surface area contributed by atoms with Gasteiger partial charge in [0, 0.05) is 38.6 Å². The molecule has 1 aliphatic heterocycles. The van der Waals surface area contributed by atoms with Crippen LogP contribution in [0.1, 0.15) is 23.9 Å². The van der Waals surface area contributed by atoms with Gasteiger partial charge in [-0.15, -0.1) is 11.3 Å². The summed E-state index contributed by atoms with van der Waals surface area (Å²) >= 11 is 1.72. The molecule has 136 valence electrons. The molecule has 2 aromatic heterocycles. The summed E-state index contributed by atoms with van der Waals surface area (Å²) in [6, 6.07) is 10.1. The van der Waals surface area contributed by atoms with Gasteiger partial charge in [0.15, 0.2) is 0 Å². The molecule has 0 bridgehead atoms. The quantitative estimate of drug-likeness (QED) is 0.721. The Hall–Kier alpha value is -2.09. The SMILES string of the molecule is NC(CCCN1CCN(c2ncccn2)CC1)c1nc2ccccc2s1. The minimum absolute atomic E-state index is 0.0337. The molecule has 1 atom stereocenters. The fourth-order valence-corrected chi connectivity index (χ4v) is 4.34. The summed E-state index contributed by atoms with van der Waals surface area (Å²) in [6.07, 6.45) is 5.68. The van der Waals surface area contributed by atoms with Gasteiger partial charge >= 0.3 is 0 Å². The van der Waals surface area contributed by atoms with Crippen molar-refractivity contribution in [1.29, 1.82) is 0 Å². The molecular formula is C19H24N6S. The molecule has 0 spiro atoms. The van der Waals surface area contributed by atoms with Gasteiger partial charge in [0.25, 0.3) is 0 Å². The van der Waals surface area contributed by atoms with Gasteiger partial charge in [-0.05, 0) is 37.6 Å². The molecule has 1 aromatic carbocycles. The molecule has 0 saturated carbocycles. The maximum atomic E-state index is 6.38. The van der Waals surface area contributed by atoms with Crippen LogP contribution in [0.25, 0.3) is 10.2 Å². The number of para-hydroxylation sites is 1. The summed E-state index contributed by atoms with van der Waals surface area (Å²) in [6.45, 7) is 5.15. The first-order chi connectivity index (χ1) is 12.8. The largest absolute Gasteiger partial charge is 0.338 e. The molecular weight excluding hydrogens is 344 g/mol. The lowest BCUT2D eigenvalue weighted by Gasteiger charge is -2.34. The van der Waals surface area contributed by atoms with Crippen LogP contribution in [-0.2, 0) is 0 Å². The zero-order chi connectivity index (χ0) is 17.8. The van der Waals surface area contributed by atoms with Crippen LogP contribution in [0, 0.1) is 0 Å². The highest BCUT2D eigenvalue weighted by molar-refractivity contribution is 7.18. The van der Waals surface area contributed by atoms with Crippen LogP contribution in [0.2, 0.25) is 0 Å². The first-order valence-corrected chi connectivity index (χ1v) is 9.96. The predicted octanol–water partition coefficient (Wildman–Crippen LogP) is 2.69. The molecule has 0 amide bonds. The standard InChI is InChI=1S/C19H24N6S/c20-15(18-23-16-6-1-2-7-17(16)26-18)5-3-10-24-11-13-25(14-12-24)19-21-8-4-9-22-19/h1-2,4,6-9,15H,3,5,10-14,20H2. The van der Waals surface area contributed by atoms with Gasteiger partial charge in [-0.1, -0.05) is 12.1 Å². The van der Waals surface area contributed by atoms with E-state index in [4.69, 9.17) is 5.73 Å². The number of benzene rings is 1. The third kappa shape index (κ3) is 4.00. The van der Waals surface area contributed by atoms with Crippen molar-refractivity contribution in [2.24, 2.45) is 5.73 Å². The highest BCUT2D eigenvalue weighted by atomic mass is 32.1. The second-order valence-corrected chi connectivity index (χ2v) is 7.71. The molecule has 0 radical (unpaired) electrons. The van der Waals surface area contributed by atoms with Crippen LogP contribution >= 0.6 is 11.3 Å². The zero-order valence-corrected chi connectivity index (χ0v) is 15.6. The van der Waals surface area contributed by atoms with E-state index >= 15 is 0 Å². The van der Waals surface area contributed by atoms with Gasteiger partial charge in [-0.2, -0.15) is 0 Å². The van der Waals surface area contributed by atoms with E-state index in [9.17, 15) is 0 Å². The molecule has 4 rings (SSSR count). The Labute approximate surface area is 157 Å². The smallest absolute Gasteiger partial charge is 0.225 e. The van der Waals surface area contributed by atoms with E-state index < -0.39 is 0 Å². The zero-order valence-electron chi connectivity index (χ0n) is 14.8. The van der Waals surface area contributed by atoms with E-state index in [1.54, 1.807) is 23.7 Å². The van der Waals surface area contributed by atoms with E-state index in [1.165, 1.54) is 4.70 Å². The summed E-state index contributed by atoms with van der Waals surface area (Å²) in [5, 5.41) is 1.05. The van der Waals surface area contributed by atoms with Crippen molar-refractivity contribution < 1.29 is 0 Å². The summed E-state index contributed by atoms with van der Waals surface area (Å²) in [5.74, 6) is 0.838. The van der Waals surface area contributed by atoms with Crippen LogP contribution in [0.5, 0.6) is 0 Å². The summed E-state index contributed by atoms with van der Waals surface area (Å²) in [5.41, 5.74) is 7.43. The summed E-state index contributed by atoms with van der Waals surface area (Å²) in [4.78, 5) is 18.1. The Balaban J connectivity index is 1.22. The molecule has 6 nitrogen and oxygen atoms in total. The van der Waals surface area contributed by atoms with E-state index in [1.807, 2.05) is 12.1 Å². The van der Waals surface area contributed by atoms with Crippen molar-refractivity contribution in [1.82, 2.24) is 19.9 Å². The number of nitrogens with two attached hydrogens (primary N) is 1. The lowest BCUT2D eigenvalue weighted by Crippen LogP contribution is -2.47. The van der Waals surface area contributed by atoms with Crippen LogP contribution in [0.3, 0.4) is 0 Å². The average molecular weight is 369 g/mol. The number of rotatable bonds is 6. The molecule has 3 aromatic rings. The maximum absolute atomic E-state index is 6.38. The number of nitrogens with zero attached hydrogens (tertiary/aromatic N) is 5. The molecule has 2 N–H and O–H groups in total. The van der Waals surface area contributed by atoms with E-state index in [-0.39, 0.29) is 6.04 Å². The fraction of sp³-hybridized carbons (Fsp3) is 0.421. The van der Waals surface area contributed by atoms with Gasteiger partial charge in [-0.3, -0.25) is 4.90 Å². The Morgan fingerprint density at radius 2 is 1.81 bits per heavy atom. The third-order valence-corrected chi connectivity index (χ3v) is 5.99. The number of fused-ring (bicyclic) bond motifs is 1. The molecule has 1 aliphatic rings. The van der Waals surface area contributed by atoms with E-state index in [0.29, 0.717) is 0 Å². The number of thiazole rings is 1. The molecule has 26 heavy (non-hydrogen) atoms. The van der Waals surface area contributed by atoms with E-state index in [0.717, 1.165) is 62.0 Å². The summed E-state index contributed by atoms with van der Waals surface area (Å²) in [7, 11) is 0. The van der Waals surface area contributed by atoms with Gasteiger partial charge in [0.05, 0.1) is 16.3 Å². The normalized spacial score (nSPS) is 16.9. The first kappa shape index (κ1) is 17.3. The monoisotopic (exact) mass is 368 g/mol. The van der Waals surface area contributed by atoms with Crippen LogP contribution in [0.15, 0.2) is 42.7 Å². The topological polar surface area (TPSA) is 71.2 Å². The van der Waals surface area contributed by atoms with Gasteiger partial charge in [0.1, 0.15) is 5.01 Å². The van der Waals surface area contributed by atoms with E-state index in [2.05, 4.69) is 43.0 Å². The van der Waals surface area contributed by atoms with Gasteiger partial charge in [-0.25, -0.2) is 15.0 Å². The molecule has 3 heterocycles. The number of hydrogen-bond acceptors (Lipinski definition) is 7. The molecule has 1 unspecified atom stereocenters. The van der Waals surface area contributed by atoms with Crippen molar-refractivity contribution in [3.63, 3.8) is 0 Å². The minimum Gasteiger partial charge on any atom is -0.338 e. The highest BCUT2D eigenvalue weighted by Gasteiger charge is 2.19. The van der Waals surface area contributed by atoms with Crippen molar-refractivity contribution >= 4 is 27.5 Å². The number of piperazine rings is 1. The minimum atomic E-state index is 0.0337. The number of aromatic nitrogens is 3. The second-order valence-electron chi connectivity index (χ2n) is 6.65. The fourth-order valence-electron chi connectivity index (χ4n) is 3.33. The predicted molar refractivity (Wildman–Crippen MR) is 106 cm³/mol. The lowest BCUT2D eigenvalue weighted by atomic mass is 10.1. The molecule has 7 heteroatoms. The lowest BCUT2D eigenvalue weighted by molar-refractivity contribution is 0.249. The van der Waals surface area contributed by atoms with Crippen molar-refractivity contribution in [3.05, 3.63) is 47.7 Å². The van der Waals surface area contributed by atoms with Crippen LogP contribution < -0.4 is 10.6 Å². The van der Waals surface area contributed by atoms with Crippen molar-refractivity contribution in [3.8, 4) is 0 Å². The Morgan fingerprint density at radius 1 is 1.04 bits per heavy atom. The maximum Gasteiger partial charge on any atom is 0.225 e. The number of hydrogen-bond donors (Lipinski definition) is 1. The Kier molecular flexibility index (Phi) is 5.38. The van der Waals surface area contributed by atoms with Crippen molar-refractivity contribution in [2.45, 2.75) is 18.9 Å². The van der Waals surface area contributed by atoms with Gasteiger partial charge in [0.2, 0.25) is 5.95 Å². The van der Waals surface area contributed by atoms with Crippen molar-refractivity contribution in [2.75, 3.05) is 37.6 Å². The summed E-state index contributed by atoms with van der Waals surface area (Å²) < 4.78 is 1.22. The Bertz CT molecular complexity index is 795. The first-order valence-electron chi connectivity index (χ1n) is 9.15. The Morgan fingerprint density at radius 3 is 2.58 bits per heavy atom. The van der Waals surface area contributed by atoms with Crippen LogP contribution in [0.4, 0.5) is 5.95 Å². The number of anilines is 1. The highest BCUT2D eigenvalue weighted by Crippen LogP contribution is 2.27. The molecule has 1 saturated heterocycles. The molecule has 0 aliphatic carbocycles. The average Bonchev–Trinajstić information content (AvgIpc) is 3.13. The van der Waals surface area contributed by atoms with Crippen LogP contribution in [-0.4, -0.2) is 52.6 Å². The molecule has 1 fully saturated rings.